The van der Waals surface area contributed by atoms with Gasteiger partial charge in [0, 0.05) is 5.69 Å². The van der Waals surface area contributed by atoms with Gasteiger partial charge in [-0.15, -0.1) is 10.2 Å². The van der Waals surface area contributed by atoms with E-state index < -0.39 is 0 Å². The van der Waals surface area contributed by atoms with Gasteiger partial charge in [-0.25, -0.2) is 0 Å². The molecule has 0 fully saturated rings. The van der Waals surface area contributed by atoms with Crippen LogP contribution in [0.5, 0.6) is 5.75 Å². The number of hydrogen-bond acceptors (Lipinski definition) is 6. The van der Waals surface area contributed by atoms with E-state index in [2.05, 4.69) is 15.5 Å². The molecule has 0 aliphatic rings. The van der Waals surface area contributed by atoms with E-state index >= 15 is 0 Å². The fourth-order valence-electron chi connectivity index (χ4n) is 2.50. The molecular weight excluding hydrogens is 374 g/mol. The van der Waals surface area contributed by atoms with Gasteiger partial charge in [0.1, 0.15) is 5.75 Å². The van der Waals surface area contributed by atoms with Crippen LogP contribution >= 0.6 is 11.8 Å². The first-order valence-electron chi connectivity index (χ1n) is 8.93. The summed E-state index contributed by atoms with van der Waals surface area (Å²) in [6, 6.07) is 11.8. The third-order valence-corrected chi connectivity index (χ3v) is 5.08. The molecule has 1 N–H and O–H groups in total. The summed E-state index contributed by atoms with van der Waals surface area (Å²) < 4.78 is 11.3. The number of carbonyl (C=O) groups excluding carboxylic acids is 1. The summed E-state index contributed by atoms with van der Waals surface area (Å²) in [5, 5.41) is 11.1. The predicted octanol–water partition coefficient (Wildman–Crippen LogP) is 4.61. The predicted molar refractivity (Wildman–Crippen MR) is 110 cm³/mol. The molecule has 0 bridgehead atoms. The fraction of sp³-hybridized carbons (Fsp3) is 0.286. The van der Waals surface area contributed by atoms with Crippen LogP contribution in [0.15, 0.2) is 46.0 Å². The van der Waals surface area contributed by atoms with Crippen molar-refractivity contribution in [3.05, 3.63) is 64.5 Å². The second-order valence-electron chi connectivity index (χ2n) is 6.66. The molecule has 1 aromatic heterocycles. The molecule has 0 saturated heterocycles. The van der Waals surface area contributed by atoms with E-state index in [1.165, 1.54) is 17.3 Å². The molecule has 1 amide bonds. The molecule has 0 unspecified atom stereocenters. The number of anilines is 1. The molecule has 0 radical (unpaired) electrons. The molecule has 0 aliphatic carbocycles. The number of rotatable bonds is 7. The van der Waals surface area contributed by atoms with E-state index in [9.17, 15) is 4.79 Å². The Morgan fingerprint density at radius 3 is 2.61 bits per heavy atom. The maximum absolute atomic E-state index is 12.1. The molecular formula is C21H23N3O3S. The van der Waals surface area contributed by atoms with Gasteiger partial charge in [-0.05, 0) is 68.1 Å². The number of aromatic nitrogens is 2. The first-order valence-corrected chi connectivity index (χ1v) is 9.91. The Morgan fingerprint density at radius 2 is 1.82 bits per heavy atom. The van der Waals surface area contributed by atoms with Gasteiger partial charge >= 0.3 is 0 Å². The zero-order valence-corrected chi connectivity index (χ0v) is 17.2. The number of nitrogens with one attached hydrogen (secondary N) is 1. The van der Waals surface area contributed by atoms with Crippen molar-refractivity contribution in [1.82, 2.24) is 10.2 Å². The first kappa shape index (κ1) is 19.9. The molecule has 3 aromatic rings. The zero-order valence-electron chi connectivity index (χ0n) is 16.4. The van der Waals surface area contributed by atoms with E-state index in [1.54, 1.807) is 0 Å². The van der Waals surface area contributed by atoms with E-state index in [0.29, 0.717) is 11.1 Å². The summed E-state index contributed by atoms with van der Waals surface area (Å²) in [6.07, 6.45) is 0. The standard InChI is InChI=1S/C21H23N3O3S/c1-13-5-6-15(3)18(9-13)26-11-20-23-24-21(27-20)28-12-19(25)22-17-8-7-14(2)16(4)10-17/h5-10H,11-12H2,1-4H3,(H,22,25). The van der Waals surface area contributed by atoms with Crippen LogP contribution in [0.1, 0.15) is 28.1 Å². The molecule has 1 heterocycles. The Labute approximate surface area is 168 Å². The molecule has 2 aromatic carbocycles. The lowest BCUT2D eigenvalue weighted by Crippen LogP contribution is -2.14. The lowest BCUT2D eigenvalue weighted by molar-refractivity contribution is -0.113. The Balaban J connectivity index is 1.49. The molecule has 3 rings (SSSR count). The van der Waals surface area contributed by atoms with Crippen LogP contribution in [0.3, 0.4) is 0 Å². The molecule has 0 aliphatic heterocycles. The third kappa shape index (κ3) is 5.36. The molecule has 6 nitrogen and oxygen atoms in total. The van der Waals surface area contributed by atoms with Crippen LogP contribution in [-0.2, 0) is 11.4 Å². The second-order valence-corrected chi connectivity index (χ2v) is 7.58. The molecule has 0 saturated carbocycles. The van der Waals surface area contributed by atoms with Crippen molar-refractivity contribution >= 4 is 23.4 Å². The number of aryl methyl sites for hydroxylation is 4. The topological polar surface area (TPSA) is 77.2 Å². The number of thioether (sulfide) groups is 1. The number of carbonyl (C=O) groups is 1. The van der Waals surface area contributed by atoms with Gasteiger partial charge in [0.25, 0.3) is 11.1 Å². The summed E-state index contributed by atoms with van der Waals surface area (Å²) in [5.41, 5.74) is 5.27. The highest BCUT2D eigenvalue weighted by Gasteiger charge is 2.11. The van der Waals surface area contributed by atoms with Gasteiger partial charge in [-0.2, -0.15) is 0 Å². The van der Waals surface area contributed by atoms with Gasteiger partial charge in [0.15, 0.2) is 6.61 Å². The maximum Gasteiger partial charge on any atom is 0.277 e. The molecule has 7 heteroatoms. The highest BCUT2D eigenvalue weighted by atomic mass is 32.2. The normalized spacial score (nSPS) is 10.7. The minimum atomic E-state index is -0.125. The van der Waals surface area contributed by atoms with Gasteiger partial charge in [0.05, 0.1) is 5.75 Å². The smallest absolute Gasteiger partial charge is 0.277 e. The lowest BCUT2D eigenvalue weighted by atomic mass is 10.1. The highest BCUT2D eigenvalue weighted by Crippen LogP contribution is 2.22. The summed E-state index contributed by atoms with van der Waals surface area (Å²) in [7, 11) is 0. The maximum atomic E-state index is 12.1. The first-order chi connectivity index (χ1) is 13.4. The zero-order chi connectivity index (χ0) is 20.1. The monoisotopic (exact) mass is 397 g/mol. The van der Waals surface area contributed by atoms with Crippen molar-refractivity contribution in [2.24, 2.45) is 0 Å². The van der Waals surface area contributed by atoms with E-state index in [4.69, 9.17) is 9.15 Å². The molecule has 0 atom stereocenters. The van der Waals surface area contributed by atoms with Gasteiger partial charge < -0.3 is 14.5 Å². The summed E-state index contributed by atoms with van der Waals surface area (Å²) in [5.74, 6) is 1.23. The lowest BCUT2D eigenvalue weighted by Gasteiger charge is -2.07. The molecule has 28 heavy (non-hydrogen) atoms. The summed E-state index contributed by atoms with van der Waals surface area (Å²) >= 11 is 1.20. The van der Waals surface area contributed by atoms with Crippen molar-refractivity contribution in [3.63, 3.8) is 0 Å². The minimum Gasteiger partial charge on any atom is -0.484 e. The van der Waals surface area contributed by atoms with Crippen LogP contribution in [0.4, 0.5) is 5.69 Å². The van der Waals surface area contributed by atoms with E-state index in [-0.39, 0.29) is 18.3 Å². The molecule has 0 spiro atoms. The van der Waals surface area contributed by atoms with Crippen molar-refractivity contribution < 1.29 is 13.9 Å². The Hall–Kier alpha value is -2.80. The largest absolute Gasteiger partial charge is 0.484 e. The van der Waals surface area contributed by atoms with Crippen LogP contribution in [0, 0.1) is 27.7 Å². The Bertz CT molecular complexity index is 985. The van der Waals surface area contributed by atoms with Crippen molar-refractivity contribution in [2.45, 2.75) is 39.5 Å². The van der Waals surface area contributed by atoms with Crippen LogP contribution in [0.25, 0.3) is 0 Å². The van der Waals surface area contributed by atoms with Gasteiger partial charge in [-0.1, -0.05) is 30.0 Å². The number of nitrogens with zero attached hydrogens (tertiary/aromatic N) is 2. The van der Waals surface area contributed by atoms with Gasteiger partial charge in [-0.3, -0.25) is 4.79 Å². The van der Waals surface area contributed by atoms with Crippen molar-refractivity contribution in [3.8, 4) is 5.75 Å². The fourth-order valence-corrected chi connectivity index (χ4v) is 3.08. The van der Waals surface area contributed by atoms with Crippen molar-refractivity contribution in [2.75, 3.05) is 11.1 Å². The SMILES string of the molecule is Cc1ccc(C)c(OCc2nnc(SCC(=O)Nc3ccc(C)c(C)c3)o2)c1. The number of amides is 1. The van der Waals surface area contributed by atoms with Gasteiger partial charge in [0.2, 0.25) is 5.91 Å². The van der Waals surface area contributed by atoms with Crippen LogP contribution < -0.4 is 10.1 Å². The van der Waals surface area contributed by atoms with E-state index in [1.807, 2.05) is 64.1 Å². The summed E-state index contributed by atoms with van der Waals surface area (Å²) in [6.45, 7) is 8.23. The third-order valence-electron chi connectivity index (χ3n) is 4.26. The van der Waals surface area contributed by atoms with Crippen LogP contribution in [0.2, 0.25) is 0 Å². The average molecular weight is 398 g/mol. The number of benzene rings is 2. The minimum absolute atomic E-state index is 0.125. The number of hydrogen-bond donors (Lipinski definition) is 1. The number of ether oxygens (including phenoxy) is 1. The second kappa shape index (κ2) is 8.93. The van der Waals surface area contributed by atoms with Crippen molar-refractivity contribution in [1.29, 1.82) is 0 Å². The van der Waals surface area contributed by atoms with E-state index in [0.717, 1.165) is 28.1 Å². The Morgan fingerprint density at radius 1 is 1.04 bits per heavy atom. The summed E-state index contributed by atoms with van der Waals surface area (Å²) in [4.78, 5) is 12.1. The molecule has 146 valence electrons. The highest BCUT2D eigenvalue weighted by molar-refractivity contribution is 7.99. The quantitative estimate of drug-likeness (QED) is 0.587. The average Bonchev–Trinajstić information content (AvgIpc) is 3.12. The Kier molecular flexibility index (Phi) is 6.36. The van der Waals surface area contributed by atoms with Crippen LogP contribution in [-0.4, -0.2) is 21.9 Å².